The highest BCUT2D eigenvalue weighted by Gasteiger charge is 2.36. The minimum atomic E-state index is -3.28. The molecule has 28 heavy (non-hydrogen) atoms. The van der Waals surface area contributed by atoms with Gasteiger partial charge in [-0.05, 0) is 44.0 Å². The summed E-state index contributed by atoms with van der Waals surface area (Å²) in [5.41, 5.74) is 2.45. The van der Waals surface area contributed by atoms with Crippen LogP contribution in [0.5, 0.6) is 0 Å². The lowest BCUT2D eigenvalue weighted by Gasteiger charge is -2.32. The van der Waals surface area contributed by atoms with Crippen molar-refractivity contribution < 1.29 is 8.42 Å². The van der Waals surface area contributed by atoms with Gasteiger partial charge < -0.3 is 4.90 Å². The lowest BCUT2D eigenvalue weighted by Crippen LogP contribution is -2.40. The van der Waals surface area contributed by atoms with Crippen molar-refractivity contribution in [1.29, 1.82) is 5.26 Å². The number of nitrogens with zero attached hydrogens (tertiary/aromatic N) is 3. The zero-order valence-electron chi connectivity index (χ0n) is 16.0. The molecular formula is C21H24ClN3O2S. The van der Waals surface area contributed by atoms with E-state index >= 15 is 0 Å². The minimum absolute atomic E-state index is 0.0396. The van der Waals surface area contributed by atoms with Crippen molar-refractivity contribution in [3.8, 4) is 6.07 Å². The largest absolute Gasteiger partial charge is 0.363 e. The molecule has 1 aliphatic heterocycles. The first-order valence-corrected chi connectivity index (χ1v) is 11.2. The molecule has 7 heteroatoms. The third-order valence-corrected chi connectivity index (χ3v) is 7.68. The molecule has 2 aromatic carbocycles. The minimum Gasteiger partial charge on any atom is -0.363 e. The van der Waals surface area contributed by atoms with Crippen LogP contribution in [0.15, 0.2) is 48.5 Å². The van der Waals surface area contributed by atoms with E-state index in [1.807, 2.05) is 24.3 Å². The molecule has 1 fully saturated rings. The van der Waals surface area contributed by atoms with Crippen molar-refractivity contribution in [3.63, 3.8) is 0 Å². The van der Waals surface area contributed by atoms with E-state index in [0.717, 1.165) is 17.7 Å². The molecule has 0 unspecified atom stereocenters. The van der Waals surface area contributed by atoms with Crippen molar-refractivity contribution in [1.82, 2.24) is 4.31 Å². The molecule has 1 atom stereocenters. The fraction of sp³-hybridized carbons (Fsp3) is 0.381. The summed E-state index contributed by atoms with van der Waals surface area (Å²) < 4.78 is 26.8. The molecular weight excluding hydrogens is 394 g/mol. The Morgan fingerprint density at radius 2 is 1.96 bits per heavy atom. The quantitative estimate of drug-likeness (QED) is 0.711. The van der Waals surface area contributed by atoms with E-state index in [4.69, 9.17) is 16.9 Å². The second kappa shape index (κ2) is 8.52. The molecule has 1 aliphatic rings. The third kappa shape index (κ3) is 4.33. The fourth-order valence-corrected chi connectivity index (χ4v) is 5.03. The topological polar surface area (TPSA) is 64.4 Å². The first-order valence-electron chi connectivity index (χ1n) is 9.32. The van der Waals surface area contributed by atoms with Crippen LogP contribution in [0.1, 0.15) is 31.4 Å². The molecule has 3 rings (SSSR count). The Bertz CT molecular complexity index is 971. The third-order valence-electron chi connectivity index (χ3n) is 5.12. The summed E-state index contributed by atoms with van der Waals surface area (Å²) in [6.45, 7) is 5.03. The van der Waals surface area contributed by atoms with Gasteiger partial charge in [0.25, 0.3) is 0 Å². The molecule has 5 nitrogen and oxygen atoms in total. The van der Waals surface area contributed by atoms with E-state index in [1.54, 1.807) is 30.3 Å². The fourth-order valence-electron chi connectivity index (χ4n) is 3.48. The second-order valence-corrected chi connectivity index (χ2v) is 10.2. The lowest BCUT2D eigenvalue weighted by atomic mass is 10.1. The van der Waals surface area contributed by atoms with Crippen molar-refractivity contribution in [2.75, 3.05) is 18.0 Å². The van der Waals surface area contributed by atoms with E-state index in [0.29, 0.717) is 30.2 Å². The highest BCUT2D eigenvalue weighted by molar-refractivity contribution is 7.89. The Morgan fingerprint density at radius 1 is 1.25 bits per heavy atom. The van der Waals surface area contributed by atoms with Crippen LogP contribution in [0.3, 0.4) is 0 Å². The van der Waals surface area contributed by atoms with Gasteiger partial charge in [-0.15, -0.1) is 0 Å². The number of rotatable bonds is 6. The standard InChI is InChI=1S/C21H24ClN3O2S/c1-16(2)28(26,27)24-11-10-20(15-24)25(14-17-6-4-3-5-7-17)19-9-8-18(13-23)21(22)12-19/h3-9,12,16,20H,10-11,14-15H2,1-2H3/t20-/m0/s1. The molecule has 0 N–H and O–H groups in total. The van der Waals surface area contributed by atoms with E-state index < -0.39 is 15.3 Å². The van der Waals surface area contributed by atoms with E-state index in [9.17, 15) is 8.42 Å². The maximum Gasteiger partial charge on any atom is 0.216 e. The molecule has 0 amide bonds. The van der Waals surface area contributed by atoms with Crippen LogP contribution in [-0.2, 0) is 16.6 Å². The summed E-state index contributed by atoms with van der Waals surface area (Å²) in [4.78, 5) is 2.19. The number of benzene rings is 2. The average Bonchev–Trinajstić information content (AvgIpc) is 3.17. The monoisotopic (exact) mass is 417 g/mol. The van der Waals surface area contributed by atoms with E-state index in [2.05, 4.69) is 23.1 Å². The van der Waals surface area contributed by atoms with Gasteiger partial charge in [-0.3, -0.25) is 0 Å². The molecule has 0 radical (unpaired) electrons. The summed E-state index contributed by atoms with van der Waals surface area (Å²) in [5.74, 6) is 0. The van der Waals surface area contributed by atoms with Crippen LogP contribution >= 0.6 is 11.6 Å². The predicted molar refractivity (Wildman–Crippen MR) is 113 cm³/mol. The maximum absolute atomic E-state index is 12.6. The molecule has 0 aliphatic carbocycles. The molecule has 0 saturated carbocycles. The SMILES string of the molecule is CC(C)S(=O)(=O)N1CC[C@H](N(Cc2ccccc2)c2ccc(C#N)c(Cl)c2)C1. The molecule has 148 valence electrons. The van der Waals surface area contributed by atoms with Crippen LogP contribution in [0.25, 0.3) is 0 Å². The maximum atomic E-state index is 12.6. The summed E-state index contributed by atoms with van der Waals surface area (Å²) in [6.07, 6.45) is 0.746. The Morgan fingerprint density at radius 3 is 2.57 bits per heavy atom. The van der Waals surface area contributed by atoms with Crippen LogP contribution in [0.4, 0.5) is 5.69 Å². The van der Waals surface area contributed by atoms with Gasteiger partial charge in [0.05, 0.1) is 15.8 Å². The molecule has 1 saturated heterocycles. The van der Waals surface area contributed by atoms with Gasteiger partial charge in [0.2, 0.25) is 10.0 Å². The molecule has 2 aromatic rings. The second-order valence-electron chi connectivity index (χ2n) is 7.28. The van der Waals surface area contributed by atoms with Crippen LogP contribution in [0, 0.1) is 11.3 Å². The first-order chi connectivity index (χ1) is 13.3. The number of hydrogen-bond acceptors (Lipinski definition) is 4. The first kappa shape index (κ1) is 20.7. The average molecular weight is 418 g/mol. The molecule has 1 heterocycles. The summed E-state index contributed by atoms with van der Waals surface area (Å²) in [5, 5.41) is 9.12. The van der Waals surface area contributed by atoms with Crippen LogP contribution < -0.4 is 4.90 Å². The molecule has 0 bridgehead atoms. The van der Waals surface area contributed by atoms with Crippen molar-refractivity contribution >= 4 is 27.3 Å². The van der Waals surface area contributed by atoms with Crippen molar-refractivity contribution in [2.24, 2.45) is 0 Å². The normalized spacial score (nSPS) is 17.6. The van der Waals surface area contributed by atoms with Gasteiger partial charge in [0, 0.05) is 31.4 Å². The van der Waals surface area contributed by atoms with Gasteiger partial charge in [0.15, 0.2) is 0 Å². The van der Waals surface area contributed by atoms with Crippen LogP contribution in [-0.4, -0.2) is 37.1 Å². The Labute approximate surface area is 172 Å². The number of hydrogen-bond donors (Lipinski definition) is 0. The van der Waals surface area contributed by atoms with Gasteiger partial charge in [-0.1, -0.05) is 41.9 Å². The van der Waals surface area contributed by atoms with Gasteiger partial charge in [-0.25, -0.2) is 8.42 Å². The van der Waals surface area contributed by atoms with Crippen LogP contribution in [0.2, 0.25) is 5.02 Å². The van der Waals surface area contributed by atoms with E-state index in [1.165, 1.54) is 0 Å². The Balaban J connectivity index is 1.91. The van der Waals surface area contributed by atoms with Crippen molar-refractivity contribution in [3.05, 3.63) is 64.7 Å². The summed E-state index contributed by atoms with van der Waals surface area (Å²) in [6, 6.07) is 17.6. The number of anilines is 1. The van der Waals surface area contributed by atoms with Gasteiger partial charge in [-0.2, -0.15) is 9.57 Å². The lowest BCUT2D eigenvalue weighted by molar-refractivity contribution is 0.461. The van der Waals surface area contributed by atoms with Crippen molar-refractivity contribution in [2.45, 2.75) is 38.1 Å². The van der Waals surface area contributed by atoms with E-state index in [-0.39, 0.29) is 6.04 Å². The number of sulfonamides is 1. The Kier molecular flexibility index (Phi) is 6.29. The predicted octanol–water partition coefficient (Wildman–Crippen LogP) is 4.03. The molecule has 0 aromatic heterocycles. The number of nitriles is 1. The highest BCUT2D eigenvalue weighted by atomic mass is 35.5. The van der Waals surface area contributed by atoms with Gasteiger partial charge >= 0.3 is 0 Å². The summed E-state index contributed by atoms with van der Waals surface area (Å²) >= 11 is 6.27. The molecule has 0 spiro atoms. The smallest absolute Gasteiger partial charge is 0.216 e. The Hall–Kier alpha value is -2.07. The zero-order chi connectivity index (χ0) is 20.3. The summed E-state index contributed by atoms with van der Waals surface area (Å²) in [7, 11) is -3.28. The van der Waals surface area contributed by atoms with Gasteiger partial charge in [0.1, 0.15) is 6.07 Å². The highest BCUT2D eigenvalue weighted by Crippen LogP contribution is 2.30. The zero-order valence-corrected chi connectivity index (χ0v) is 17.6. The number of halogens is 1.